The van der Waals surface area contributed by atoms with E-state index < -0.39 is 59.2 Å². The Morgan fingerprint density at radius 1 is 1.05 bits per heavy atom. The van der Waals surface area contributed by atoms with Crippen molar-refractivity contribution < 1.29 is 31.9 Å². The van der Waals surface area contributed by atoms with Gasteiger partial charge in [0, 0.05) is 30.3 Å². The number of hydrogen-bond acceptors (Lipinski definition) is 4. The summed E-state index contributed by atoms with van der Waals surface area (Å²) in [5.41, 5.74) is 0.139. The second-order valence-electron chi connectivity index (χ2n) is 11.7. The molecule has 3 aliphatic heterocycles. The number of anilines is 1. The number of rotatable bonds is 4. The summed E-state index contributed by atoms with van der Waals surface area (Å²) in [6, 6.07) is 6.27. The Morgan fingerprint density at radius 2 is 1.76 bits per heavy atom. The fraction of sp³-hybridized carbons (Fsp3) is 0.367. The molecule has 1 spiro atoms. The molecule has 0 saturated carbocycles. The van der Waals surface area contributed by atoms with Gasteiger partial charge in [-0.15, -0.1) is 0 Å². The van der Waals surface area contributed by atoms with Crippen LogP contribution in [0.3, 0.4) is 0 Å². The van der Waals surface area contributed by atoms with Gasteiger partial charge in [-0.2, -0.15) is 0 Å². The molecule has 0 aromatic heterocycles. The van der Waals surface area contributed by atoms with Crippen LogP contribution in [0.25, 0.3) is 0 Å². The molecular formula is C30H28F4N4O3. The number of carbonyl (C=O) groups is 3. The lowest BCUT2D eigenvalue weighted by Crippen LogP contribution is -2.59. The molecule has 214 valence electrons. The number of allylic oxidation sites excluding steroid dienone is 1. The van der Waals surface area contributed by atoms with Crippen molar-refractivity contribution in [3.05, 3.63) is 88.3 Å². The molecule has 0 unspecified atom stereocenters. The minimum absolute atomic E-state index is 0.0915. The van der Waals surface area contributed by atoms with Gasteiger partial charge in [0.15, 0.2) is 0 Å². The van der Waals surface area contributed by atoms with Crippen LogP contribution < -0.4 is 16.0 Å². The maximum absolute atomic E-state index is 15.0. The zero-order valence-corrected chi connectivity index (χ0v) is 22.4. The monoisotopic (exact) mass is 568 g/mol. The van der Waals surface area contributed by atoms with Crippen molar-refractivity contribution >= 4 is 23.4 Å². The molecule has 0 bridgehead atoms. The van der Waals surface area contributed by atoms with Crippen molar-refractivity contribution in [1.82, 2.24) is 15.5 Å². The van der Waals surface area contributed by atoms with Crippen LogP contribution in [0, 0.1) is 22.5 Å². The number of piperidine rings is 1. The number of alkyl halides is 2. The van der Waals surface area contributed by atoms with Gasteiger partial charge in [-0.05, 0) is 67.6 Å². The molecular weight excluding hydrogens is 540 g/mol. The van der Waals surface area contributed by atoms with Crippen molar-refractivity contribution in [2.45, 2.75) is 45.1 Å². The first-order valence-corrected chi connectivity index (χ1v) is 13.3. The van der Waals surface area contributed by atoms with E-state index in [1.54, 1.807) is 12.1 Å². The van der Waals surface area contributed by atoms with E-state index in [1.165, 1.54) is 0 Å². The molecule has 2 aromatic carbocycles. The van der Waals surface area contributed by atoms with E-state index in [0.717, 1.165) is 47.6 Å². The number of amides is 3. The summed E-state index contributed by atoms with van der Waals surface area (Å²) >= 11 is 0. The Balaban J connectivity index is 1.23. The zero-order chi connectivity index (χ0) is 29.3. The van der Waals surface area contributed by atoms with Gasteiger partial charge in [0.25, 0.3) is 5.92 Å². The first-order valence-electron chi connectivity index (χ1n) is 13.3. The van der Waals surface area contributed by atoms with E-state index in [-0.39, 0.29) is 11.5 Å². The van der Waals surface area contributed by atoms with Crippen LogP contribution in [0.2, 0.25) is 0 Å². The van der Waals surface area contributed by atoms with Crippen LogP contribution in [0.5, 0.6) is 0 Å². The van der Waals surface area contributed by atoms with Crippen LogP contribution in [-0.2, 0) is 27.2 Å². The van der Waals surface area contributed by atoms with E-state index in [2.05, 4.69) is 16.0 Å². The standard InChI is InChI=1S/C30H28F4N4O3/c1-28(2)27(41)38(23(14-30(28,33)34)17-8-19(31)11-20(32)9-17)15-24(39)36-21-6-5-16-12-29(13-18(16)10-21)22-4-3-7-35-25(22)37-26(29)40/h3-6,8-11,23,35H,7,12-15H2,1-2H3,(H,36,39)(H,37,40)/t23-,29+/m0/s1. The van der Waals surface area contributed by atoms with E-state index in [9.17, 15) is 23.2 Å². The number of halogens is 4. The number of hydrogen-bond donors (Lipinski definition) is 3. The van der Waals surface area contributed by atoms with Gasteiger partial charge in [0.2, 0.25) is 17.7 Å². The first kappa shape index (κ1) is 27.0. The predicted octanol–water partition coefficient (Wildman–Crippen LogP) is 4.12. The predicted molar refractivity (Wildman–Crippen MR) is 141 cm³/mol. The summed E-state index contributed by atoms with van der Waals surface area (Å²) in [5, 5.41) is 8.83. The molecule has 6 rings (SSSR count). The topological polar surface area (TPSA) is 90.5 Å². The van der Waals surface area contributed by atoms with Crippen LogP contribution >= 0.6 is 0 Å². The summed E-state index contributed by atoms with van der Waals surface area (Å²) in [7, 11) is 0. The van der Waals surface area contributed by atoms with Gasteiger partial charge in [-0.1, -0.05) is 18.2 Å². The van der Waals surface area contributed by atoms with Gasteiger partial charge < -0.3 is 20.9 Å². The molecule has 0 radical (unpaired) electrons. The molecule has 11 heteroatoms. The molecule has 3 N–H and O–H groups in total. The lowest BCUT2D eigenvalue weighted by atomic mass is 9.75. The molecule has 2 atom stereocenters. The maximum Gasteiger partial charge on any atom is 0.264 e. The fourth-order valence-corrected chi connectivity index (χ4v) is 6.35. The molecule has 1 fully saturated rings. The molecule has 41 heavy (non-hydrogen) atoms. The average molecular weight is 569 g/mol. The highest BCUT2D eigenvalue weighted by molar-refractivity contribution is 5.97. The lowest BCUT2D eigenvalue weighted by molar-refractivity contribution is -0.191. The Bertz CT molecular complexity index is 1550. The van der Waals surface area contributed by atoms with Crippen LogP contribution in [0.1, 0.15) is 43.0 Å². The van der Waals surface area contributed by atoms with Gasteiger partial charge in [-0.25, -0.2) is 17.6 Å². The zero-order valence-electron chi connectivity index (χ0n) is 22.4. The van der Waals surface area contributed by atoms with Gasteiger partial charge in [0.05, 0.1) is 11.5 Å². The molecule has 1 saturated heterocycles. The van der Waals surface area contributed by atoms with Crippen molar-refractivity contribution in [3.8, 4) is 0 Å². The number of fused-ring (bicyclic) bond motifs is 2. The lowest BCUT2D eigenvalue weighted by Gasteiger charge is -2.47. The van der Waals surface area contributed by atoms with Crippen LogP contribution in [-0.4, -0.2) is 41.6 Å². The van der Waals surface area contributed by atoms with Crippen molar-refractivity contribution in [2.75, 3.05) is 18.4 Å². The van der Waals surface area contributed by atoms with E-state index in [0.29, 0.717) is 37.0 Å². The quantitative estimate of drug-likeness (QED) is 0.484. The second kappa shape index (κ2) is 9.19. The van der Waals surface area contributed by atoms with E-state index in [4.69, 9.17) is 0 Å². The normalized spacial score (nSPS) is 25.6. The minimum Gasteiger partial charge on any atom is -0.368 e. The number of dihydropyridines is 1. The largest absolute Gasteiger partial charge is 0.368 e. The van der Waals surface area contributed by atoms with Crippen LogP contribution in [0.15, 0.2) is 59.9 Å². The van der Waals surface area contributed by atoms with E-state index >= 15 is 8.78 Å². The first-order chi connectivity index (χ1) is 19.3. The fourth-order valence-electron chi connectivity index (χ4n) is 6.35. The Morgan fingerprint density at radius 3 is 2.49 bits per heavy atom. The van der Waals surface area contributed by atoms with Gasteiger partial charge >= 0.3 is 0 Å². The molecule has 4 aliphatic rings. The minimum atomic E-state index is -3.48. The molecule has 2 aromatic rings. The number of benzene rings is 2. The second-order valence-corrected chi connectivity index (χ2v) is 11.7. The van der Waals surface area contributed by atoms with Crippen molar-refractivity contribution in [3.63, 3.8) is 0 Å². The molecule has 3 amide bonds. The van der Waals surface area contributed by atoms with Crippen molar-refractivity contribution in [1.29, 1.82) is 0 Å². The molecule has 7 nitrogen and oxygen atoms in total. The van der Waals surface area contributed by atoms with Crippen LogP contribution in [0.4, 0.5) is 23.2 Å². The smallest absolute Gasteiger partial charge is 0.264 e. The number of nitrogens with zero attached hydrogens (tertiary/aromatic N) is 1. The summed E-state index contributed by atoms with van der Waals surface area (Å²) < 4.78 is 58.1. The van der Waals surface area contributed by atoms with Gasteiger partial charge in [-0.3, -0.25) is 14.4 Å². The number of nitrogens with one attached hydrogen (secondary N) is 3. The summed E-state index contributed by atoms with van der Waals surface area (Å²) in [6.07, 6.45) is 3.96. The summed E-state index contributed by atoms with van der Waals surface area (Å²) in [4.78, 5) is 40.4. The molecule has 3 heterocycles. The molecule has 1 aliphatic carbocycles. The third-order valence-corrected chi connectivity index (χ3v) is 8.73. The van der Waals surface area contributed by atoms with Crippen molar-refractivity contribution in [2.24, 2.45) is 10.8 Å². The highest BCUT2D eigenvalue weighted by Crippen LogP contribution is 2.51. The Labute approximate surface area is 233 Å². The average Bonchev–Trinajstić information content (AvgIpc) is 3.41. The highest BCUT2D eigenvalue weighted by Gasteiger charge is 2.60. The van der Waals surface area contributed by atoms with Gasteiger partial charge in [0.1, 0.15) is 29.4 Å². The summed E-state index contributed by atoms with van der Waals surface area (Å²) in [5.74, 6) is -6.46. The number of carbonyl (C=O) groups excluding carboxylic acids is 3. The third-order valence-electron chi connectivity index (χ3n) is 8.73. The highest BCUT2D eigenvalue weighted by atomic mass is 19.3. The third kappa shape index (κ3) is 4.29. The maximum atomic E-state index is 15.0. The SMILES string of the molecule is CC1(C)C(=O)N(CC(=O)Nc2ccc3c(c2)C[C@@]2(C3)C(=O)NC3=C2C=CCN3)[C@H](c2cc(F)cc(F)c2)CC1(F)F. The Kier molecular flexibility index (Phi) is 6.06. The number of likely N-dealkylation sites (tertiary alicyclic amines) is 1. The Hall–Kier alpha value is -4.15. The van der Waals surface area contributed by atoms with E-state index in [1.807, 2.05) is 18.2 Å². The summed E-state index contributed by atoms with van der Waals surface area (Å²) in [6.45, 7) is 2.21.